The number of ether oxygens (including phenoxy) is 2. The molecule has 1 aliphatic heterocycles. The number of aromatic nitrogens is 4. The molecule has 4 rings (SSSR count). The average Bonchev–Trinajstić information content (AvgIpc) is 3.30. The van der Waals surface area contributed by atoms with Gasteiger partial charge in [-0.3, -0.25) is 4.98 Å². The predicted molar refractivity (Wildman–Crippen MR) is 89.4 cm³/mol. The molecule has 128 valence electrons. The molecule has 2 fully saturated rings. The number of hydrogen-bond acceptors (Lipinski definition) is 5. The van der Waals surface area contributed by atoms with Crippen molar-refractivity contribution in [1.29, 1.82) is 0 Å². The van der Waals surface area contributed by atoms with Crippen LogP contribution in [0.4, 0.5) is 0 Å². The topological polar surface area (TPSA) is 62.1 Å². The third kappa shape index (κ3) is 3.35. The average molecular weight is 328 g/mol. The van der Waals surface area contributed by atoms with Crippen LogP contribution in [0.5, 0.6) is 0 Å². The summed E-state index contributed by atoms with van der Waals surface area (Å²) in [5.41, 5.74) is 4.11. The zero-order valence-corrected chi connectivity index (χ0v) is 14.5. The van der Waals surface area contributed by atoms with Crippen molar-refractivity contribution in [2.45, 2.75) is 52.4 Å². The number of hydrogen-bond donors (Lipinski definition) is 0. The van der Waals surface area contributed by atoms with Crippen LogP contribution in [0.25, 0.3) is 11.4 Å². The Bertz CT molecular complexity index is 726. The Morgan fingerprint density at radius 2 is 1.96 bits per heavy atom. The molecule has 0 unspecified atom stereocenters. The molecule has 1 saturated carbocycles. The van der Waals surface area contributed by atoms with E-state index < -0.39 is 0 Å². The Kier molecular flexibility index (Phi) is 3.89. The minimum Gasteiger partial charge on any atom is -0.350 e. The molecule has 0 aromatic carbocycles. The Morgan fingerprint density at radius 1 is 1.21 bits per heavy atom. The lowest BCUT2D eigenvalue weighted by molar-refractivity contribution is -0.227. The number of pyridine rings is 1. The van der Waals surface area contributed by atoms with Gasteiger partial charge >= 0.3 is 0 Å². The summed E-state index contributed by atoms with van der Waals surface area (Å²) in [6.45, 7) is 8.28. The highest BCUT2D eigenvalue weighted by Gasteiger charge is 2.29. The lowest BCUT2D eigenvalue weighted by Crippen LogP contribution is -2.39. The molecule has 0 spiro atoms. The summed E-state index contributed by atoms with van der Waals surface area (Å²) in [6, 6.07) is 4.26. The Hall–Kier alpha value is -1.79. The number of aryl methyl sites for hydroxylation is 1. The van der Waals surface area contributed by atoms with Crippen molar-refractivity contribution in [3.05, 3.63) is 29.6 Å². The molecule has 3 heterocycles. The highest BCUT2D eigenvalue weighted by atomic mass is 16.7. The zero-order valence-electron chi connectivity index (χ0n) is 14.5. The molecule has 2 aromatic heterocycles. The van der Waals surface area contributed by atoms with Gasteiger partial charge in [0.1, 0.15) is 5.69 Å². The summed E-state index contributed by atoms with van der Waals surface area (Å²) in [5.74, 6) is 0.631. The van der Waals surface area contributed by atoms with Gasteiger partial charge in [-0.15, -0.1) is 5.10 Å². The standard InChI is InChI=1S/C18H24N4O2/c1-12-4-7-14(13-5-6-13)19-17(12)15-8-22(21-20-15)9-16-23-10-18(2,3)11-24-16/h4,7-8,13,16H,5-6,9-11H2,1-3H3. The fourth-order valence-corrected chi connectivity index (χ4v) is 2.89. The molecule has 0 amide bonds. The highest BCUT2D eigenvalue weighted by molar-refractivity contribution is 5.57. The van der Waals surface area contributed by atoms with Crippen LogP contribution in [-0.4, -0.2) is 39.5 Å². The second-order valence-corrected chi connectivity index (χ2v) is 7.72. The van der Waals surface area contributed by atoms with E-state index in [9.17, 15) is 0 Å². The molecule has 0 atom stereocenters. The van der Waals surface area contributed by atoms with Gasteiger partial charge in [0, 0.05) is 17.0 Å². The minimum absolute atomic E-state index is 0.0777. The largest absolute Gasteiger partial charge is 0.350 e. The molecule has 1 aliphatic carbocycles. The Balaban J connectivity index is 1.48. The maximum atomic E-state index is 5.77. The van der Waals surface area contributed by atoms with E-state index in [0.717, 1.165) is 17.0 Å². The second kappa shape index (κ2) is 5.93. The van der Waals surface area contributed by atoms with E-state index in [0.29, 0.717) is 25.7 Å². The second-order valence-electron chi connectivity index (χ2n) is 7.72. The summed E-state index contributed by atoms with van der Waals surface area (Å²) in [7, 11) is 0. The highest BCUT2D eigenvalue weighted by Crippen LogP contribution is 2.39. The normalized spacial score (nSPS) is 21.1. The van der Waals surface area contributed by atoms with E-state index >= 15 is 0 Å². The van der Waals surface area contributed by atoms with Crippen LogP contribution >= 0.6 is 0 Å². The Morgan fingerprint density at radius 3 is 2.67 bits per heavy atom. The summed E-state index contributed by atoms with van der Waals surface area (Å²) in [4.78, 5) is 4.81. The van der Waals surface area contributed by atoms with Crippen LogP contribution in [0.3, 0.4) is 0 Å². The molecule has 0 radical (unpaired) electrons. The lowest BCUT2D eigenvalue weighted by atomic mass is 9.96. The van der Waals surface area contributed by atoms with Gasteiger partial charge in [-0.1, -0.05) is 25.1 Å². The van der Waals surface area contributed by atoms with Crippen LogP contribution in [0.15, 0.2) is 18.3 Å². The maximum Gasteiger partial charge on any atom is 0.177 e. The van der Waals surface area contributed by atoms with Gasteiger partial charge in [0.15, 0.2) is 6.29 Å². The van der Waals surface area contributed by atoms with Crippen molar-refractivity contribution in [1.82, 2.24) is 20.0 Å². The van der Waals surface area contributed by atoms with Crippen molar-refractivity contribution >= 4 is 0 Å². The van der Waals surface area contributed by atoms with Crippen molar-refractivity contribution in [3.63, 3.8) is 0 Å². The molecule has 6 heteroatoms. The van der Waals surface area contributed by atoms with Gasteiger partial charge in [-0.2, -0.15) is 0 Å². The summed E-state index contributed by atoms with van der Waals surface area (Å²) in [6.07, 6.45) is 4.15. The summed E-state index contributed by atoms with van der Waals surface area (Å²) >= 11 is 0. The van der Waals surface area contributed by atoms with E-state index in [1.54, 1.807) is 4.68 Å². The third-order valence-corrected chi connectivity index (χ3v) is 4.55. The van der Waals surface area contributed by atoms with Gasteiger partial charge in [0.05, 0.1) is 31.6 Å². The molecule has 1 saturated heterocycles. The van der Waals surface area contributed by atoms with E-state index in [2.05, 4.69) is 43.2 Å². The first-order valence-electron chi connectivity index (χ1n) is 8.61. The smallest absolute Gasteiger partial charge is 0.177 e. The van der Waals surface area contributed by atoms with Crippen LogP contribution in [0, 0.1) is 12.3 Å². The predicted octanol–water partition coefficient (Wildman–Crippen LogP) is 2.93. The van der Waals surface area contributed by atoms with E-state index in [4.69, 9.17) is 14.5 Å². The monoisotopic (exact) mass is 328 g/mol. The van der Waals surface area contributed by atoms with E-state index in [1.807, 2.05) is 6.20 Å². The lowest BCUT2D eigenvalue weighted by Gasteiger charge is -2.34. The molecule has 0 N–H and O–H groups in total. The van der Waals surface area contributed by atoms with Crippen molar-refractivity contribution < 1.29 is 9.47 Å². The maximum absolute atomic E-state index is 5.77. The quantitative estimate of drug-likeness (QED) is 0.863. The SMILES string of the molecule is Cc1ccc(C2CC2)nc1-c1cn(CC2OCC(C)(C)CO2)nn1. The van der Waals surface area contributed by atoms with Gasteiger partial charge in [0.2, 0.25) is 0 Å². The molecular formula is C18H24N4O2. The van der Waals surface area contributed by atoms with Gasteiger partial charge < -0.3 is 9.47 Å². The molecule has 0 bridgehead atoms. The first-order chi connectivity index (χ1) is 11.5. The van der Waals surface area contributed by atoms with Crippen LogP contribution in [0.1, 0.15) is 43.9 Å². The molecule has 2 aromatic rings. The van der Waals surface area contributed by atoms with Gasteiger partial charge in [-0.05, 0) is 31.4 Å². The minimum atomic E-state index is -0.264. The fraction of sp³-hybridized carbons (Fsp3) is 0.611. The zero-order chi connectivity index (χ0) is 16.7. The number of nitrogens with zero attached hydrogens (tertiary/aromatic N) is 4. The first kappa shape index (κ1) is 15.7. The summed E-state index contributed by atoms with van der Waals surface area (Å²) in [5, 5.41) is 8.52. The Labute approximate surface area is 142 Å². The van der Waals surface area contributed by atoms with Gasteiger partial charge in [-0.25, -0.2) is 4.68 Å². The first-order valence-corrected chi connectivity index (χ1v) is 8.61. The van der Waals surface area contributed by atoms with Crippen LogP contribution < -0.4 is 0 Å². The van der Waals surface area contributed by atoms with Crippen LogP contribution in [0.2, 0.25) is 0 Å². The van der Waals surface area contributed by atoms with Gasteiger partial charge in [0.25, 0.3) is 0 Å². The van der Waals surface area contributed by atoms with Crippen molar-refractivity contribution in [2.75, 3.05) is 13.2 Å². The molecule has 24 heavy (non-hydrogen) atoms. The molecule has 6 nitrogen and oxygen atoms in total. The van der Waals surface area contributed by atoms with Crippen molar-refractivity contribution in [3.8, 4) is 11.4 Å². The fourth-order valence-electron chi connectivity index (χ4n) is 2.89. The summed E-state index contributed by atoms with van der Waals surface area (Å²) < 4.78 is 13.3. The van der Waals surface area contributed by atoms with E-state index in [-0.39, 0.29) is 11.7 Å². The molecular weight excluding hydrogens is 304 g/mol. The number of rotatable bonds is 4. The van der Waals surface area contributed by atoms with Crippen LogP contribution in [-0.2, 0) is 16.0 Å². The third-order valence-electron chi connectivity index (χ3n) is 4.55. The van der Waals surface area contributed by atoms with E-state index in [1.165, 1.54) is 18.5 Å². The molecule has 2 aliphatic rings. The van der Waals surface area contributed by atoms with Crippen molar-refractivity contribution in [2.24, 2.45) is 5.41 Å².